The zero-order chi connectivity index (χ0) is 15.8. The number of carbonyl (C=O) groups is 1. The maximum atomic E-state index is 12.1. The van der Waals surface area contributed by atoms with Crippen molar-refractivity contribution in [3.8, 4) is 0 Å². The maximum Gasteiger partial charge on any atom is 0.251 e. The van der Waals surface area contributed by atoms with E-state index in [4.69, 9.17) is 5.14 Å². The topological polar surface area (TPSA) is 123 Å². The molecule has 1 fully saturated rings. The van der Waals surface area contributed by atoms with E-state index in [-0.39, 0.29) is 22.0 Å². The molecule has 116 valence electrons. The van der Waals surface area contributed by atoms with Gasteiger partial charge in [-0.3, -0.25) is 4.79 Å². The highest BCUT2D eigenvalue weighted by Gasteiger charge is 2.29. The van der Waals surface area contributed by atoms with Gasteiger partial charge in [-0.1, -0.05) is 0 Å². The van der Waals surface area contributed by atoms with E-state index in [1.54, 1.807) is 6.92 Å². The van der Waals surface area contributed by atoms with Crippen molar-refractivity contribution in [2.75, 3.05) is 11.5 Å². The van der Waals surface area contributed by atoms with Crippen LogP contribution in [0.15, 0.2) is 23.1 Å². The van der Waals surface area contributed by atoms with E-state index in [9.17, 15) is 21.6 Å². The third-order valence-corrected chi connectivity index (χ3v) is 5.87. The Kier molecular flexibility index (Phi) is 4.09. The van der Waals surface area contributed by atoms with Crippen molar-refractivity contribution in [3.63, 3.8) is 0 Å². The van der Waals surface area contributed by atoms with Crippen molar-refractivity contribution in [3.05, 3.63) is 29.3 Å². The summed E-state index contributed by atoms with van der Waals surface area (Å²) in [6.07, 6.45) is 0.363. The number of amides is 1. The standard InChI is InChI=1S/C12H16N2O5S2/c1-8-4-9(6-11(5-8)21(13,18)19)12(15)14-10-2-3-20(16,17)7-10/h4-6,10H,2-3,7H2,1H3,(H,14,15)(H2,13,18,19). The Hall–Kier alpha value is -1.45. The molecule has 1 aromatic carbocycles. The van der Waals surface area contributed by atoms with E-state index >= 15 is 0 Å². The summed E-state index contributed by atoms with van der Waals surface area (Å²) < 4.78 is 45.4. The van der Waals surface area contributed by atoms with Gasteiger partial charge >= 0.3 is 0 Å². The minimum atomic E-state index is -3.90. The van der Waals surface area contributed by atoms with Gasteiger partial charge in [-0.25, -0.2) is 22.0 Å². The normalized spacial score (nSPS) is 21.1. The first kappa shape index (κ1) is 15.9. The van der Waals surface area contributed by atoms with Crippen LogP contribution < -0.4 is 10.5 Å². The molecular formula is C12H16N2O5S2. The van der Waals surface area contributed by atoms with Crippen molar-refractivity contribution >= 4 is 25.8 Å². The first-order valence-electron chi connectivity index (χ1n) is 6.23. The smallest absolute Gasteiger partial charge is 0.251 e. The fourth-order valence-corrected chi connectivity index (χ4v) is 4.54. The Morgan fingerprint density at radius 2 is 2.00 bits per heavy atom. The number of hydrogen-bond acceptors (Lipinski definition) is 5. The van der Waals surface area contributed by atoms with E-state index in [1.165, 1.54) is 18.2 Å². The second-order valence-electron chi connectivity index (χ2n) is 5.15. The van der Waals surface area contributed by atoms with Crippen molar-refractivity contribution in [2.45, 2.75) is 24.3 Å². The second kappa shape index (κ2) is 5.39. The maximum absolute atomic E-state index is 12.1. The van der Waals surface area contributed by atoms with Crippen molar-refractivity contribution < 1.29 is 21.6 Å². The largest absolute Gasteiger partial charge is 0.348 e. The summed E-state index contributed by atoms with van der Waals surface area (Å²) in [6.45, 7) is 1.64. The Balaban J connectivity index is 2.22. The molecule has 1 aromatic rings. The van der Waals surface area contributed by atoms with Crippen molar-refractivity contribution in [1.82, 2.24) is 5.32 Å². The number of rotatable bonds is 3. The molecule has 1 atom stereocenters. The molecule has 1 aliphatic heterocycles. The third-order valence-electron chi connectivity index (χ3n) is 3.21. The summed E-state index contributed by atoms with van der Waals surface area (Å²) >= 11 is 0. The van der Waals surface area contributed by atoms with E-state index in [1.807, 2.05) is 0 Å². The predicted molar refractivity (Wildman–Crippen MR) is 77.1 cm³/mol. The van der Waals surface area contributed by atoms with Crippen LogP contribution in [0.25, 0.3) is 0 Å². The van der Waals surface area contributed by atoms with Gasteiger partial charge in [0.25, 0.3) is 5.91 Å². The van der Waals surface area contributed by atoms with E-state index in [0.717, 1.165) is 0 Å². The van der Waals surface area contributed by atoms with E-state index in [2.05, 4.69) is 5.32 Å². The highest BCUT2D eigenvalue weighted by Crippen LogP contribution is 2.16. The lowest BCUT2D eigenvalue weighted by molar-refractivity contribution is 0.0941. The Morgan fingerprint density at radius 3 is 2.52 bits per heavy atom. The molecule has 0 aromatic heterocycles. The Bertz CT molecular complexity index is 784. The zero-order valence-electron chi connectivity index (χ0n) is 11.4. The van der Waals surface area contributed by atoms with Gasteiger partial charge in [-0.2, -0.15) is 0 Å². The monoisotopic (exact) mass is 332 g/mol. The van der Waals surface area contributed by atoms with Gasteiger partial charge in [0.05, 0.1) is 16.4 Å². The lowest BCUT2D eigenvalue weighted by atomic mass is 10.1. The van der Waals surface area contributed by atoms with Crippen LogP contribution in [0.1, 0.15) is 22.3 Å². The van der Waals surface area contributed by atoms with Crippen LogP contribution in [-0.4, -0.2) is 40.3 Å². The fourth-order valence-electron chi connectivity index (χ4n) is 2.22. The van der Waals surface area contributed by atoms with Crippen LogP contribution >= 0.6 is 0 Å². The molecule has 1 aliphatic rings. The fraction of sp³-hybridized carbons (Fsp3) is 0.417. The predicted octanol–water partition coefficient (Wildman–Crippen LogP) is -0.441. The minimum Gasteiger partial charge on any atom is -0.348 e. The van der Waals surface area contributed by atoms with Gasteiger partial charge in [0, 0.05) is 11.6 Å². The number of sulfone groups is 1. The van der Waals surface area contributed by atoms with Gasteiger partial charge in [0.2, 0.25) is 10.0 Å². The molecule has 1 unspecified atom stereocenters. The molecule has 0 bridgehead atoms. The lowest BCUT2D eigenvalue weighted by Crippen LogP contribution is -2.35. The van der Waals surface area contributed by atoms with Crippen LogP contribution in [0, 0.1) is 6.92 Å². The first-order chi connectivity index (χ1) is 9.57. The molecule has 3 N–H and O–H groups in total. The molecule has 1 amide bonds. The number of sulfonamides is 1. The van der Waals surface area contributed by atoms with Crippen LogP contribution in [0.5, 0.6) is 0 Å². The quantitative estimate of drug-likeness (QED) is 0.776. The van der Waals surface area contributed by atoms with Crippen molar-refractivity contribution in [2.24, 2.45) is 5.14 Å². The number of hydrogen-bond donors (Lipinski definition) is 2. The molecule has 21 heavy (non-hydrogen) atoms. The van der Waals surface area contributed by atoms with Gasteiger partial charge in [-0.15, -0.1) is 0 Å². The van der Waals surface area contributed by atoms with Gasteiger partial charge in [-0.05, 0) is 37.1 Å². The molecule has 1 saturated heterocycles. The van der Waals surface area contributed by atoms with Crippen LogP contribution in [0.4, 0.5) is 0 Å². The average Bonchev–Trinajstić information content (AvgIpc) is 2.66. The summed E-state index contributed by atoms with van der Waals surface area (Å²) in [5.74, 6) is -0.549. The number of primary sulfonamides is 1. The molecular weight excluding hydrogens is 316 g/mol. The van der Waals surface area contributed by atoms with Crippen LogP contribution in [0.2, 0.25) is 0 Å². The van der Waals surface area contributed by atoms with Crippen LogP contribution in [0.3, 0.4) is 0 Å². The molecule has 1 heterocycles. The van der Waals surface area contributed by atoms with E-state index < -0.39 is 31.8 Å². The Morgan fingerprint density at radius 1 is 1.33 bits per heavy atom. The summed E-state index contributed by atoms with van der Waals surface area (Å²) in [5.41, 5.74) is 0.717. The molecule has 0 radical (unpaired) electrons. The summed E-state index contributed by atoms with van der Waals surface area (Å²) in [5, 5.41) is 7.66. The first-order valence-corrected chi connectivity index (χ1v) is 9.59. The zero-order valence-corrected chi connectivity index (χ0v) is 13.0. The molecule has 2 rings (SSSR count). The third kappa shape index (κ3) is 4.02. The highest BCUT2D eigenvalue weighted by atomic mass is 32.2. The number of aryl methyl sites for hydroxylation is 1. The Labute approximate surface area is 123 Å². The number of nitrogens with two attached hydrogens (primary N) is 1. The molecule has 7 nitrogen and oxygen atoms in total. The average molecular weight is 332 g/mol. The van der Waals surface area contributed by atoms with Gasteiger partial charge in [0.1, 0.15) is 0 Å². The van der Waals surface area contributed by atoms with Crippen molar-refractivity contribution in [1.29, 1.82) is 0 Å². The second-order valence-corrected chi connectivity index (χ2v) is 8.94. The SMILES string of the molecule is Cc1cc(C(=O)NC2CCS(=O)(=O)C2)cc(S(N)(=O)=O)c1. The number of benzene rings is 1. The molecule has 0 spiro atoms. The van der Waals surface area contributed by atoms with E-state index in [0.29, 0.717) is 12.0 Å². The molecule has 9 heteroatoms. The highest BCUT2D eigenvalue weighted by molar-refractivity contribution is 7.91. The molecule has 0 aliphatic carbocycles. The van der Waals surface area contributed by atoms with Gasteiger partial charge < -0.3 is 5.32 Å². The van der Waals surface area contributed by atoms with Gasteiger partial charge in [0.15, 0.2) is 9.84 Å². The summed E-state index contributed by atoms with van der Waals surface area (Å²) in [6, 6.07) is 3.63. The number of carbonyl (C=O) groups excluding carboxylic acids is 1. The summed E-state index contributed by atoms with van der Waals surface area (Å²) in [7, 11) is -7.00. The number of nitrogens with one attached hydrogen (secondary N) is 1. The summed E-state index contributed by atoms with van der Waals surface area (Å²) in [4.78, 5) is 12.0. The lowest BCUT2D eigenvalue weighted by Gasteiger charge is -2.12. The minimum absolute atomic E-state index is 0.0498. The van der Waals surface area contributed by atoms with Crippen LogP contribution in [-0.2, 0) is 19.9 Å². The molecule has 0 saturated carbocycles.